The molecule has 0 fully saturated rings. The zero-order chi connectivity index (χ0) is 16.1. The molecule has 0 aliphatic heterocycles. The standard InChI is InChI=1S/C20H19NOP.Li/c1-21(18-11-5-2-6-12-18)17-23(22,19-13-7-3-8-14-19)20-15-9-4-10-16-20;/h2-17H,1H3;/q-1;+1. The van der Waals surface area contributed by atoms with Gasteiger partial charge in [-0.2, -0.15) is 6.29 Å². The summed E-state index contributed by atoms with van der Waals surface area (Å²) in [6, 6.07) is 29.3. The molecule has 0 atom stereocenters. The summed E-state index contributed by atoms with van der Waals surface area (Å²) < 4.78 is 13.9. The fraction of sp³-hybridized carbons (Fsp3) is 0.0500. The summed E-state index contributed by atoms with van der Waals surface area (Å²) in [6.07, 6.45) is 1.85. The average molecular weight is 327 g/mol. The van der Waals surface area contributed by atoms with Crippen molar-refractivity contribution in [3.05, 3.63) is 97.3 Å². The first-order chi connectivity index (χ1) is 11.2. The van der Waals surface area contributed by atoms with Gasteiger partial charge < -0.3 is 9.46 Å². The van der Waals surface area contributed by atoms with Crippen molar-refractivity contribution >= 4 is 23.4 Å². The largest absolute Gasteiger partial charge is 1.00 e. The molecule has 0 unspecified atom stereocenters. The minimum atomic E-state index is -2.84. The molecule has 0 amide bonds. The van der Waals surface area contributed by atoms with E-state index in [0.29, 0.717) is 0 Å². The third-order valence-corrected chi connectivity index (χ3v) is 6.58. The molecule has 0 saturated carbocycles. The van der Waals surface area contributed by atoms with Gasteiger partial charge in [-0.15, -0.1) is 0 Å². The first kappa shape index (κ1) is 18.6. The fourth-order valence-corrected chi connectivity index (χ4v) is 4.97. The summed E-state index contributed by atoms with van der Waals surface area (Å²) in [7, 11) is -0.906. The number of hydrogen-bond donors (Lipinski definition) is 0. The molecule has 116 valence electrons. The van der Waals surface area contributed by atoms with E-state index in [1.165, 1.54) is 0 Å². The summed E-state index contributed by atoms with van der Waals surface area (Å²) in [5, 5.41) is 1.68. The minimum absolute atomic E-state index is 0. The Labute approximate surface area is 156 Å². The Bertz CT molecular complexity index is 750. The molecule has 2 nitrogen and oxygen atoms in total. The predicted octanol–water partition coefficient (Wildman–Crippen LogP) is 1.26. The molecule has 0 N–H and O–H groups in total. The minimum Gasteiger partial charge on any atom is -0.517 e. The van der Waals surface area contributed by atoms with Gasteiger partial charge in [-0.05, 0) is 29.8 Å². The van der Waals surface area contributed by atoms with Crippen LogP contribution < -0.4 is 34.4 Å². The van der Waals surface area contributed by atoms with Gasteiger partial charge in [0, 0.05) is 12.8 Å². The predicted molar refractivity (Wildman–Crippen MR) is 98.9 cm³/mol. The SMILES string of the molecule is CN([CH-]P(=O)(c1ccccc1)c1ccccc1)c1ccccc1.[Li+]. The Morgan fingerprint density at radius 1 is 0.708 bits per heavy atom. The van der Waals surface area contributed by atoms with Crippen LogP contribution in [-0.2, 0) is 4.57 Å². The van der Waals surface area contributed by atoms with E-state index in [0.717, 1.165) is 16.3 Å². The molecule has 0 aliphatic rings. The number of hydrogen-bond acceptors (Lipinski definition) is 2. The molecule has 0 radical (unpaired) electrons. The molecule has 3 aromatic rings. The Morgan fingerprint density at radius 3 is 1.50 bits per heavy atom. The van der Waals surface area contributed by atoms with Crippen LogP contribution >= 0.6 is 7.14 Å². The average Bonchev–Trinajstić information content (AvgIpc) is 2.64. The van der Waals surface area contributed by atoms with Gasteiger partial charge in [0.1, 0.15) is 0 Å². The van der Waals surface area contributed by atoms with E-state index in [-0.39, 0.29) is 18.9 Å². The van der Waals surface area contributed by atoms with Crippen molar-refractivity contribution in [2.24, 2.45) is 0 Å². The van der Waals surface area contributed by atoms with Crippen LogP contribution in [0.4, 0.5) is 5.69 Å². The van der Waals surface area contributed by atoms with Gasteiger partial charge in [0.25, 0.3) is 0 Å². The molecule has 0 saturated heterocycles. The quantitative estimate of drug-likeness (QED) is 0.399. The first-order valence-electron chi connectivity index (χ1n) is 7.55. The van der Waals surface area contributed by atoms with Gasteiger partial charge >= 0.3 is 18.9 Å². The number of rotatable bonds is 5. The van der Waals surface area contributed by atoms with Crippen LogP contribution in [0.15, 0.2) is 91.0 Å². The molecule has 0 spiro atoms. The van der Waals surface area contributed by atoms with Crippen LogP contribution in [0, 0.1) is 6.29 Å². The van der Waals surface area contributed by atoms with Gasteiger partial charge in [-0.25, -0.2) is 0 Å². The molecule has 0 aliphatic carbocycles. The maximum Gasteiger partial charge on any atom is 1.00 e. The topological polar surface area (TPSA) is 20.3 Å². The monoisotopic (exact) mass is 327 g/mol. The zero-order valence-electron chi connectivity index (χ0n) is 14.0. The summed E-state index contributed by atoms with van der Waals surface area (Å²) in [5.74, 6) is 0. The van der Waals surface area contributed by atoms with Crippen molar-refractivity contribution in [2.75, 3.05) is 11.9 Å². The van der Waals surface area contributed by atoms with Crippen molar-refractivity contribution in [1.82, 2.24) is 0 Å². The van der Waals surface area contributed by atoms with Crippen LogP contribution in [0.25, 0.3) is 0 Å². The Kier molecular flexibility index (Phi) is 6.52. The zero-order valence-corrected chi connectivity index (χ0v) is 14.9. The van der Waals surface area contributed by atoms with E-state index >= 15 is 0 Å². The molecule has 3 rings (SSSR count). The maximum absolute atomic E-state index is 13.9. The molecular formula is C20H19LiNOP. The molecule has 3 aromatic carbocycles. The normalized spacial score (nSPS) is 10.7. The van der Waals surface area contributed by atoms with Crippen LogP contribution in [0.1, 0.15) is 0 Å². The van der Waals surface area contributed by atoms with Crippen molar-refractivity contribution in [2.45, 2.75) is 0 Å². The van der Waals surface area contributed by atoms with Gasteiger partial charge in [0.2, 0.25) is 0 Å². The molecule has 4 heteroatoms. The second-order valence-corrected chi connectivity index (χ2v) is 7.97. The van der Waals surface area contributed by atoms with Crippen molar-refractivity contribution in [1.29, 1.82) is 0 Å². The van der Waals surface area contributed by atoms with Crippen molar-refractivity contribution in [3.63, 3.8) is 0 Å². The van der Waals surface area contributed by atoms with E-state index in [1.807, 2.05) is 109 Å². The van der Waals surface area contributed by atoms with Crippen molar-refractivity contribution in [3.8, 4) is 0 Å². The van der Waals surface area contributed by atoms with Crippen LogP contribution in [0.2, 0.25) is 0 Å². The summed E-state index contributed by atoms with van der Waals surface area (Å²) in [6.45, 7) is 0. The second kappa shape index (κ2) is 8.40. The molecule has 0 heterocycles. The molecule has 0 bridgehead atoms. The molecular weight excluding hydrogens is 308 g/mol. The Balaban J connectivity index is 0.00000208. The Hall–Kier alpha value is -1.71. The van der Waals surface area contributed by atoms with E-state index in [9.17, 15) is 4.57 Å². The summed E-state index contributed by atoms with van der Waals surface area (Å²) in [5.41, 5.74) is 1.01. The maximum atomic E-state index is 13.9. The molecule has 0 aromatic heterocycles. The summed E-state index contributed by atoms with van der Waals surface area (Å²) >= 11 is 0. The van der Waals surface area contributed by atoms with E-state index in [4.69, 9.17) is 0 Å². The van der Waals surface area contributed by atoms with Gasteiger partial charge in [-0.3, -0.25) is 0 Å². The van der Waals surface area contributed by atoms with E-state index in [1.54, 1.807) is 0 Å². The number of anilines is 1. The fourth-order valence-electron chi connectivity index (χ4n) is 2.56. The van der Waals surface area contributed by atoms with Crippen LogP contribution in [-0.4, -0.2) is 7.05 Å². The number of benzene rings is 3. The third-order valence-electron chi connectivity index (χ3n) is 3.78. The van der Waals surface area contributed by atoms with E-state index < -0.39 is 7.14 Å². The Morgan fingerprint density at radius 2 is 1.08 bits per heavy atom. The third kappa shape index (κ3) is 4.03. The van der Waals surface area contributed by atoms with E-state index in [2.05, 4.69) is 0 Å². The van der Waals surface area contributed by atoms with Crippen molar-refractivity contribution < 1.29 is 23.4 Å². The van der Waals surface area contributed by atoms with Gasteiger partial charge in [0.05, 0.1) is 0 Å². The molecule has 24 heavy (non-hydrogen) atoms. The van der Waals surface area contributed by atoms with Gasteiger partial charge in [-0.1, -0.05) is 78.9 Å². The first-order valence-corrected chi connectivity index (χ1v) is 9.33. The second-order valence-electron chi connectivity index (χ2n) is 5.39. The number of nitrogens with zero attached hydrogens (tertiary/aromatic N) is 1. The van der Waals surface area contributed by atoms with Crippen LogP contribution in [0.5, 0.6) is 0 Å². The van der Waals surface area contributed by atoms with Crippen LogP contribution in [0.3, 0.4) is 0 Å². The summed E-state index contributed by atoms with van der Waals surface area (Å²) in [4.78, 5) is 1.95. The smallest absolute Gasteiger partial charge is 0.517 e. The van der Waals surface area contributed by atoms with Gasteiger partial charge in [0.15, 0.2) is 0 Å². The number of para-hydroxylation sites is 1.